The minimum absolute atomic E-state index is 0.275. The fourth-order valence-corrected chi connectivity index (χ4v) is 1.49. The number of rotatable bonds is 3. The Bertz CT molecular complexity index is 427. The molecule has 0 saturated heterocycles. The summed E-state index contributed by atoms with van der Waals surface area (Å²) in [6.07, 6.45) is 6.10. The van der Waals surface area contributed by atoms with Crippen molar-refractivity contribution in [1.82, 2.24) is 20.3 Å². The van der Waals surface area contributed by atoms with Gasteiger partial charge in [-0.05, 0) is 13.1 Å². The molecule has 4 nitrogen and oxygen atoms in total. The van der Waals surface area contributed by atoms with Gasteiger partial charge >= 0.3 is 0 Å². The Morgan fingerprint density at radius 2 is 2.33 bits per heavy atom. The number of H-pyrrole nitrogens is 1. The Morgan fingerprint density at radius 1 is 1.47 bits per heavy atom. The third-order valence-corrected chi connectivity index (χ3v) is 2.20. The van der Waals surface area contributed by atoms with Crippen molar-refractivity contribution in [3.63, 3.8) is 0 Å². The van der Waals surface area contributed by atoms with E-state index in [-0.39, 0.29) is 11.9 Å². The standard InChI is InChI=1S/C10H11FN4/c1-12-9(10-14-4-5-15-10)7-2-3-13-6-8(7)11/h2-6,9,12H,1H3,(H,14,15). The highest BCUT2D eigenvalue weighted by Crippen LogP contribution is 2.20. The maximum Gasteiger partial charge on any atom is 0.146 e. The number of hydrogen-bond acceptors (Lipinski definition) is 3. The van der Waals surface area contributed by atoms with Crippen LogP contribution in [0.1, 0.15) is 17.4 Å². The molecule has 0 aliphatic heterocycles. The number of hydrogen-bond donors (Lipinski definition) is 2. The normalized spacial score (nSPS) is 12.7. The first-order chi connectivity index (χ1) is 7.33. The van der Waals surface area contributed by atoms with E-state index >= 15 is 0 Å². The van der Waals surface area contributed by atoms with Crippen LogP contribution in [0, 0.1) is 5.82 Å². The monoisotopic (exact) mass is 206 g/mol. The lowest BCUT2D eigenvalue weighted by molar-refractivity contribution is 0.560. The Labute approximate surface area is 86.6 Å². The third-order valence-electron chi connectivity index (χ3n) is 2.20. The number of pyridine rings is 1. The molecule has 2 N–H and O–H groups in total. The van der Waals surface area contributed by atoms with Crippen LogP contribution in [0.15, 0.2) is 30.9 Å². The summed E-state index contributed by atoms with van der Waals surface area (Å²) >= 11 is 0. The molecular weight excluding hydrogens is 195 g/mol. The van der Waals surface area contributed by atoms with Crippen molar-refractivity contribution in [1.29, 1.82) is 0 Å². The summed E-state index contributed by atoms with van der Waals surface area (Å²) in [5.74, 6) is 0.343. The molecule has 78 valence electrons. The summed E-state index contributed by atoms with van der Waals surface area (Å²) in [5, 5.41) is 3.00. The fourth-order valence-electron chi connectivity index (χ4n) is 1.49. The van der Waals surface area contributed by atoms with E-state index in [1.165, 1.54) is 6.20 Å². The Kier molecular flexibility index (Phi) is 2.73. The maximum absolute atomic E-state index is 13.5. The molecule has 1 atom stereocenters. The predicted octanol–water partition coefficient (Wildman–Crippen LogP) is 1.25. The molecule has 0 spiro atoms. The van der Waals surface area contributed by atoms with Gasteiger partial charge in [0.1, 0.15) is 11.6 Å². The van der Waals surface area contributed by atoms with Crippen molar-refractivity contribution >= 4 is 0 Å². The van der Waals surface area contributed by atoms with Crippen LogP contribution >= 0.6 is 0 Å². The zero-order chi connectivity index (χ0) is 10.7. The molecule has 1 unspecified atom stereocenters. The zero-order valence-corrected chi connectivity index (χ0v) is 8.24. The van der Waals surface area contributed by atoms with E-state index in [1.54, 1.807) is 31.7 Å². The summed E-state index contributed by atoms with van der Waals surface area (Å²) in [7, 11) is 1.76. The first-order valence-electron chi connectivity index (χ1n) is 4.59. The Balaban J connectivity index is 2.40. The largest absolute Gasteiger partial charge is 0.347 e. The van der Waals surface area contributed by atoms with Crippen LogP contribution in [0.5, 0.6) is 0 Å². The van der Waals surface area contributed by atoms with E-state index in [2.05, 4.69) is 20.3 Å². The SMILES string of the molecule is CNC(c1ncc[nH]1)c1ccncc1F. The van der Waals surface area contributed by atoms with Gasteiger partial charge in [0.2, 0.25) is 0 Å². The minimum atomic E-state index is -0.340. The van der Waals surface area contributed by atoms with Crippen molar-refractivity contribution in [3.8, 4) is 0 Å². The number of halogens is 1. The van der Waals surface area contributed by atoms with Crippen LogP contribution < -0.4 is 5.32 Å². The lowest BCUT2D eigenvalue weighted by atomic mass is 10.1. The summed E-state index contributed by atoms with van der Waals surface area (Å²) in [5.41, 5.74) is 0.530. The zero-order valence-electron chi connectivity index (χ0n) is 8.24. The molecule has 0 radical (unpaired) electrons. The van der Waals surface area contributed by atoms with Gasteiger partial charge in [-0.2, -0.15) is 0 Å². The second-order valence-electron chi connectivity index (χ2n) is 3.09. The van der Waals surface area contributed by atoms with Crippen LogP contribution in [0.4, 0.5) is 4.39 Å². The lowest BCUT2D eigenvalue weighted by Gasteiger charge is -2.14. The molecule has 2 aromatic rings. The van der Waals surface area contributed by atoms with Gasteiger partial charge in [-0.1, -0.05) is 0 Å². The number of imidazole rings is 1. The van der Waals surface area contributed by atoms with E-state index in [0.29, 0.717) is 11.4 Å². The van der Waals surface area contributed by atoms with Crippen molar-refractivity contribution in [2.24, 2.45) is 0 Å². The average Bonchev–Trinajstić information content (AvgIpc) is 2.75. The first kappa shape index (κ1) is 9.79. The van der Waals surface area contributed by atoms with E-state index < -0.39 is 0 Å². The summed E-state index contributed by atoms with van der Waals surface area (Å²) in [6.45, 7) is 0. The van der Waals surface area contributed by atoms with Crippen LogP contribution in [0.2, 0.25) is 0 Å². The van der Waals surface area contributed by atoms with Gasteiger partial charge in [0.15, 0.2) is 0 Å². The molecule has 0 amide bonds. The molecule has 2 heterocycles. The van der Waals surface area contributed by atoms with Gasteiger partial charge < -0.3 is 10.3 Å². The Hall–Kier alpha value is -1.75. The highest BCUT2D eigenvalue weighted by Gasteiger charge is 2.17. The molecule has 5 heteroatoms. The van der Waals surface area contributed by atoms with Gasteiger partial charge in [0, 0.05) is 24.2 Å². The second kappa shape index (κ2) is 4.18. The summed E-state index contributed by atoms with van der Waals surface area (Å²) < 4.78 is 13.5. The summed E-state index contributed by atoms with van der Waals surface area (Å²) in [4.78, 5) is 10.8. The molecule has 2 rings (SSSR count). The molecular formula is C10H11FN4. The molecule has 0 fully saturated rings. The number of aromatic amines is 1. The highest BCUT2D eigenvalue weighted by atomic mass is 19.1. The van der Waals surface area contributed by atoms with Crippen LogP contribution in [-0.4, -0.2) is 22.0 Å². The molecule has 0 aliphatic rings. The van der Waals surface area contributed by atoms with Gasteiger partial charge in [0.25, 0.3) is 0 Å². The topological polar surface area (TPSA) is 53.6 Å². The number of nitrogens with one attached hydrogen (secondary N) is 2. The van der Waals surface area contributed by atoms with Gasteiger partial charge in [-0.15, -0.1) is 0 Å². The predicted molar refractivity (Wildman–Crippen MR) is 53.7 cm³/mol. The summed E-state index contributed by atoms with van der Waals surface area (Å²) in [6, 6.07) is 1.36. The number of aromatic nitrogens is 3. The van der Waals surface area contributed by atoms with Crippen molar-refractivity contribution < 1.29 is 4.39 Å². The van der Waals surface area contributed by atoms with Gasteiger partial charge in [0.05, 0.1) is 12.2 Å². The molecule has 0 aliphatic carbocycles. The highest BCUT2D eigenvalue weighted by molar-refractivity contribution is 5.23. The van der Waals surface area contributed by atoms with Crippen molar-refractivity contribution in [3.05, 3.63) is 48.1 Å². The van der Waals surface area contributed by atoms with E-state index in [1.807, 2.05) is 0 Å². The molecule has 0 bridgehead atoms. The van der Waals surface area contributed by atoms with Crippen molar-refractivity contribution in [2.45, 2.75) is 6.04 Å². The number of nitrogens with zero attached hydrogens (tertiary/aromatic N) is 2. The van der Waals surface area contributed by atoms with Crippen LogP contribution in [0.3, 0.4) is 0 Å². The lowest BCUT2D eigenvalue weighted by Crippen LogP contribution is -2.20. The molecule has 2 aromatic heterocycles. The second-order valence-corrected chi connectivity index (χ2v) is 3.09. The van der Waals surface area contributed by atoms with Crippen LogP contribution in [-0.2, 0) is 0 Å². The van der Waals surface area contributed by atoms with E-state index in [0.717, 1.165) is 0 Å². The van der Waals surface area contributed by atoms with E-state index in [4.69, 9.17) is 0 Å². The van der Waals surface area contributed by atoms with Crippen molar-refractivity contribution in [2.75, 3.05) is 7.05 Å². The molecule has 15 heavy (non-hydrogen) atoms. The fraction of sp³-hybridized carbons (Fsp3) is 0.200. The first-order valence-corrected chi connectivity index (χ1v) is 4.59. The minimum Gasteiger partial charge on any atom is -0.347 e. The Morgan fingerprint density at radius 3 is 2.93 bits per heavy atom. The third kappa shape index (κ3) is 1.87. The average molecular weight is 206 g/mol. The van der Waals surface area contributed by atoms with Gasteiger partial charge in [-0.25, -0.2) is 9.37 Å². The quantitative estimate of drug-likeness (QED) is 0.794. The van der Waals surface area contributed by atoms with E-state index in [9.17, 15) is 4.39 Å². The smallest absolute Gasteiger partial charge is 0.146 e. The molecule has 0 saturated carbocycles. The maximum atomic E-state index is 13.5. The van der Waals surface area contributed by atoms with Crippen LogP contribution in [0.25, 0.3) is 0 Å². The molecule has 0 aromatic carbocycles. The van der Waals surface area contributed by atoms with Gasteiger partial charge in [-0.3, -0.25) is 4.98 Å².